The molecule has 1 amide bonds. The Balaban J connectivity index is 0.000000136. The van der Waals surface area contributed by atoms with E-state index in [0.717, 1.165) is 55.8 Å². The van der Waals surface area contributed by atoms with Crippen molar-refractivity contribution in [1.82, 2.24) is 20.5 Å². The highest BCUT2D eigenvalue weighted by Gasteiger charge is 2.27. The van der Waals surface area contributed by atoms with Gasteiger partial charge in [0, 0.05) is 49.2 Å². The second-order valence-corrected chi connectivity index (χ2v) is 13.9. The lowest BCUT2D eigenvalue weighted by Gasteiger charge is -2.31. The molecule has 2 fully saturated rings. The van der Waals surface area contributed by atoms with Gasteiger partial charge in [0.2, 0.25) is 13.6 Å². The van der Waals surface area contributed by atoms with Crippen LogP contribution in [0.1, 0.15) is 46.7 Å². The largest absolute Gasteiger partial charge is 0.490 e. The van der Waals surface area contributed by atoms with Crippen molar-refractivity contribution in [3.8, 4) is 57.1 Å². The van der Waals surface area contributed by atoms with Crippen LogP contribution in [0.4, 0.5) is 0 Å². The quantitative estimate of drug-likeness (QED) is 0.156. The van der Waals surface area contributed by atoms with E-state index in [-0.39, 0.29) is 31.3 Å². The molecular weight excluding hydrogens is 761 g/mol. The minimum Gasteiger partial charge on any atom is -0.490 e. The van der Waals surface area contributed by atoms with Gasteiger partial charge in [0.25, 0.3) is 5.91 Å². The molecule has 0 spiro atoms. The molecule has 4 aromatic carbocycles. The monoisotopic (exact) mass is 802 g/mol. The number of rotatable bonds is 8. The summed E-state index contributed by atoms with van der Waals surface area (Å²) in [6.07, 6.45) is 4.33. The van der Waals surface area contributed by atoms with Crippen LogP contribution in [0.5, 0.6) is 34.5 Å². The Morgan fingerprint density at radius 2 is 1.07 bits per heavy atom. The number of para-hydroxylation sites is 2. The first-order valence-corrected chi connectivity index (χ1v) is 19.4. The van der Waals surface area contributed by atoms with Gasteiger partial charge in [0.15, 0.2) is 45.9 Å². The molecule has 0 radical (unpaired) electrons. The Kier molecular flexibility index (Phi) is 12.2. The Morgan fingerprint density at radius 1 is 0.593 bits per heavy atom. The third-order valence-corrected chi connectivity index (χ3v) is 9.88. The lowest BCUT2D eigenvalue weighted by Crippen LogP contribution is -2.41. The van der Waals surface area contributed by atoms with Gasteiger partial charge in [0.05, 0.1) is 0 Å². The van der Waals surface area contributed by atoms with Crippen LogP contribution in [0.3, 0.4) is 0 Å². The zero-order chi connectivity index (χ0) is 40.4. The fraction of sp³-hybridized carbons (Fsp3) is 0.273. The number of carbonyl (C=O) groups is 2. The number of carbonyl (C=O) groups excluding carboxylic acids is 1. The number of carboxylic acid groups (broad SMARTS) is 1. The third-order valence-electron chi connectivity index (χ3n) is 9.88. The molecule has 10 rings (SSSR count). The summed E-state index contributed by atoms with van der Waals surface area (Å²) in [5.74, 6) is 4.13. The molecule has 0 bridgehead atoms. The van der Waals surface area contributed by atoms with E-state index in [9.17, 15) is 9.59 Å². The molecule has 6 heterocycles. The van der Waals surface area contributed by atoms with E-state index in [4.69, 9.17) is 42.6 Å². The molecule has 0 saturated carbocycles. The van der Waals surface area contributed by atoms with Crippen molar-refractivity contribution in [2.75, 3.05) is 39.8 Å². The van der Waals surface area contributed by atoms with Gasteiger partial charge >= 0.3 is 5.97 Å². The number of ether oxygens (including phenoxy) is 6. The number of nitrogens with one attached hydrogen (secondary N) is 1. The molecule has 2 saturated heterocycles. The normalized spacial score (nSPS) is 15.6. The number of hydrogen-bond acceptors (Lipinski definition) is 13. The SMILES string of the molecule is O=C(O)c1cc(-c2ccc3c(c2)OCO3)on1.O=C(c1cc(-c2ccc3c(c2)OCO3)on1)N1CCC(Oc2ccccc2)CC1.c1ccc(OC2CCNCC2)cc1. The summed E-state index contributed by atoms with van der Waals surface area (Å²) in [6, 6.07) is 33.6. The topological polar surface area (TPSA) is 177 Å². The maximum Gasteiger partial charge on any atom is 0.358 e. The van der Waals surface area contributed by atoms with Crippen LogP contribution in [0.2, 0.25) is 0 Å². The second-order valence-electron chi connectivity index (χ2n) is 13.9. The number of amides is 1. The Bertz CT molecular complexity index is 2320. The van der Waals surface area contributed by atoms with Gasteiger partial charge in [-0.3, -0.25) is 4.79 Å². The fourth-order valence-electron chi connectivity index (χ4n) is 6.76. The second kappa shape index (κ2) is 18.5. The number of likely N-dealkylation sites (tertiary alicyclic amines) is 1. The number of aromatic carboxylic acids is 1. The standard InChI is InChI=1S/C22H20N2O5.C11H7NO5.C11H15NO/c25-22(24-10-8-17(9-11-24)28-16-4-2-1-3-5-16)18-13-20(29-23-18)15-6-7-19-21(12-15)27-14-26-19;13-11(14)7-4-9(17-12-7)6-1-2-8-10(3-6)16-5-15-8;1-2-4-10(5-3-1)13-11-6-8-12-9-7-11/h1-7,12-13,17H,8-11,14H2;1-4H,5H2,(H,13,14);1-5,11-12H,6-9H2. The van der Waals surface area contributed by atoms with Gasteiger partial charge in [-0.05, 0) is 86.6 Å². The molecule has 4 aliphatic heterocycles. The van der Waals surface area contributed by atoms with Crippen LogP contribution in [0.15, 0.2) is 118 Å². The van der Waals surface area contributed by atoms with Gasteiger partial charge in [0.1, 0.15) is 23.7 Å². The first-order valence-electron chi connectivity index (χ1n) is 19.4. The van der Waals surface area contributed by atoms with Crippen LogP contribution in [-0.4, -0.2) is 84.2 Å². The molecular formula is C44H42N4O11. The maximum absolute atomic E-state index is 12.8. The average Bonchev–Trinajstić information content (AvgIpc) is 4.13. The molecule has 15 nitrogen and oxygen atoms in total. The molecule has 2 N–H and O–H groups in total. The molecule has 0 unspecified atom stereocenters. The zero-order valence-electron chi connectivity index (χ0n) is 32.0. The summed E-state index contributed by atoms with van der Waals surface area (Å²) >= 11 is 0. The van der Waals surface area contributed by atoms with Crippen molar-refractivity contribution in [2.45, 2.75) is 37.9 Å². The lowest BCUT2D eigenvalue weighted by atomic mass is 10.1. The van der Waals surface area contributed by atoms with Crippen molar-refractivity contribution in [3.63, 3.8) is 0 Å². The highest BCUT2D eigenvalue weighted by Crippen LogP contribution is 2.37. The van der Waals surface area contributed by atoms with Gasteiger partial charge in [-0.2, -0.15) is 0 Å². The molecule has 15 heteroatoms. The predicted octanol–water partition coefficient (Wildman–Crippen LogP) is 7.34. The third kappa shape index (κ3) is 9.94. The molecule has 0 atom stereocenters. The van der Waals surface area contributed by atoms with Gasteiger partial charge < -0.3 is 52.8 Å². The van der Waals surface area contributed by atoms with E-state index >= 15 is 0 Å². The molecule has 4 aliphatic rings. The molecule has 2 aromatic heterocycles. The summed E-state index contributed by atoms with van der Waals surface area (Å²) in [4.78, 5) is 25.3. The van der Waals surface area contributed by atoms with Gasteiger partial charge in [-0.25, -0.2) is 4.79 Å². The first kappa shape index (κ1) is 38.9. The van der Waals surface area contributed by atoms with Crippen molar-refractivity contribution in [3.05, 3.63) is 121 Å². The Hall–Kier alpha value is -7.00. The van der Waals surface area contributed by atoms with Crippen LogP contribution in [0.25, 0.3) is 22.6 Å². The van der Waals surface area contributed by atoms with Crippen LogP contribution >= 0.6 is 0 Å². The fourth-order valence-corrected chi connectivity index (χ4v) is 6.76. The van der Waals surface area contributed by atoms with Crippen molar-refractivity contribution >= 4 is 11.9 Å². The summed E-state index contributed by atoms with van der Waals surface area (Å²) in [7, 11) is 0. The summed E-state index contributed by atoms with van der Waals surface area (Å²) in [5.41, 5.74) is 1.66. The van der Waals surface area contributed by atoms with Crippen molar-refractivity contribution in [2.24, 2.45) is 0 Å². The predicted molar refractivity (Wildman–Crippen MR) is 212 cm³/mol. The van der Waals surface area contributed by atoms with Crippen molar-refractivity contribution < 1.29 is 52.2 Å². The number of aromatic nitrogens is 2. The number of carboxylic acids is 1. The average molecular weight is 803 g/mol. The number of benzene rings is 4. The van der Waals surface area contributed by atoms with Crippen LogP contribution in [0, 0.1) is 0 Å². The number of piperidine rings is 2. The van der Waals surface area contributed by atoms with E-state index in [0.29, 0.717) is 65.0 Å². The highest BCUT2D eigenvalue weighted by atomic mass is 16.7. The smallest absolute Gasteiger partial charge is 0.358 e. The molecule has 304 valence electrons. The number of hydrogen-bond donors (Lipinski definition) is 2. The van der Waals surface area contributed by atoms with E-state index in [1.54, 1.807) is 29.2 Å². The summed E-state index contributed by atoms with van der Waals surface area (Å²) < 4.78 is 43.3. The Labute approximate surface area is 339 Å². The van der Waals surface area contributed by atoms with Crippen molar-refractivity contribution in [1.29, 1.82) is 0 Å². The first-order chi connectivity index (χ1) is 28.9. The highest BCUT2D eigenvalue weighted by molar-refractivity contribution is 5.93. The minimum atomic E-state index is -1.12. The van der Waals surface area contributed by atoms with Crippen LogP contribution in [-0.2, 0) is 0 Å². The summed E-state index contributed by atoms with van der Waals surface area (Å²) in [6.45, 7) is 3.82. The Morgan fingerprint density at radius 3 is 1.58 bits per heavy atom. The maximum atomic E-state index is 12.8. The lowest BCUT2D eigenvalue weighted by molar-refractivity contribution is 0.0585. The zero-order valence-corrected chi connectivity index (χ0v) is 32.0. The number of nitrogens with zero attached hydrogens (tertiary/aromatic N) is 3. The molecule has 0 aliphatic carbocycles. The van der Waals surface area contributed by atoms with Gasteiger partial charge in [-0.1, -0.05) is 46.7 Å². The van der Waals surface area contributed by atoms with E-state index < -0.39 is 5.97 Å². The van der Waals surface area contributed by atoms with E-state index in [2.05, 4.69) is 15.6 Å². The summed E-state index contributed by atoms with van der Waals surface area (Å²) in [5, 5.41) is 19.5. The van der Waals surface area contributed by atoms with Crippen LogP contribution < -0.4 is 33.7 Å². The van der Waals surface area contributed by atoms with E-state index in [1.807, 2.05) is 78.9 Å². The molecule has 6 aromatic rings. The number of fused-ring (bicyclic) bond motifs is 2. The minimum absolute atomic E-state index is 0.114. The van der Waals surface area contributed by atoms with E-state index in [1.165, 1.54) is 6.07 Å². The molecule has 59 heavy (non-hydrogen) atoms. The van der Waals surface area contributed by atoms with Gasteiger partial charge in [-0.15, -0.1) is 0 Å².